The van der Waals surface area contributed by atoms with E-state index in [4.69, 9.17) is 15.2 Å². The first-order valence-corrected chi connectivity index (χ1v) is 12.9. The summed E-state index contributed by atoms with van der Waals surface area (Å²) in [6.45, 7) is 0.323. The van der Waals surface area contributed by atoms with Gasteiger partial charge in [-0.25, -0.2) is 22.3 Å². The molecule has 0 spiro atoms. The van der Waals surface area contributed by atoms with Crippen molar-refractivity contribution in [2.24, 2.45) is 5.73 Å². The molecule has 0 saturated heterocycles. The Labute approximate surface area is 214 Å². The summed E-state index contributed by atoms with van der Waals surface area (Å²) < 4.78 is 38.5. The van der Waals surface area contributed by atoms with Crippen molar-refractivity contribution < 1.29 is 37.4 Å². The number of ether oxygens (including phenoxy) is 2. The third-order valence-corrected chi connectivity index (χ3v) is 7.83. The van der Waals surface area contributed by atoms with Gasteiger partial charge in [-0.1, -0.05) is 24.3 Å². The molecule has 1 heterocycles. The fraction of sp³-hybridized carbons (Fsp3) is 0.375. The minimum Gasteiger partial charge on any atom is -0.493 e. The molecule has 5 N–H and O–H groups in total. The molecule has 2 atom stereocenters. The Balaban J connectivity index is 2.02. The molecular formula is C24H30N4O8S. The molecule has 0 radical (unpaired) electrons. The predicted octanol–water partition coefficient (Wildman–Crippen LogP) is 0.837. The van der Waals surface area contributed by atoms with E-state index in [0.29, 0.717) is 10.8 Å². The van der Waals surface area contributed by atoms with Crippen molar-refractivity contribution in [1.82, 2.24) is 14.9 Å². The minimum absolute atomic E-state index is 0.00655. The lowest BCUT2D eigenvalue weighted by atomic mass is 9.95. The molecular weight excluding hydrogens is 504 g/mol. The lowest BCUT2D eigenvalue weighted by Crippen LogP contribution is -2.56. The molecule has 0 bridgehead atoms. The van der Waals surface area contributed by atoms with E-state index in [2.05, 4.69) is 10.6 Å². The molecule has 2 aromatic carbocycles. The molecule has 200 valence electrons. The molecule has 0 fully saturated rings. The number of aliphatic carboxylic acids is 1. The second-order valence-electron chi connectivity index (χ2n) is 8.35. The number of fused-ring (bicyclic) bond motifs is 1. The normalized spacial score (nSPS) is 15.7. The number of benzene rings is 2. The third kappa shape index (κ3) is 6.30. The Morgan fingerprint density at radius 1 is 1.14 bits per heavy atom. The van der Waals surface area contributed by atoms with Crippen LogP contribution >= 0.6 is 0 Å². The van der Waals surface area contributed by atoms with Crippen molar-refractivity contribution in [3.8, 4) is 11.5 Å². The van der Waals surface area contributed by atoms with Crippen LogP contribution in [0.2, 0.25) is 0 Å². The van der Waals surface area contributed by atoms with Crippen LogP contribution in [0, 0.1) is 0 Å². The first-order chi connectivity index (χ1) is 17.6. The Bertz CT molecular complexity index is 1270. The molecule has 37 heavy (non-hydrogen) atoms. The summed E-state index contributed by atoms with van der Waals surface area (Å²) in [5, 5.41) is 15.4. The number of methoxy groups -OCH3 is 2. The zero-order valence-corrected chi connectivity index (χ0v) is 21.3. The lowest BCUT2D eigenvalue weighted by molar-refractivity contribution is -0.147. The summed E-state index contributed by atoms with van der Waals surface area (Å²) in [6, 6.07) is 7.64. The topological polar surface area (TPSA) is 177 Å². The van der Waals surface area contributed by atoms with Gasteiger partial charge in [0.05, 0.1) is 25.2 Å². The van der Waals surface area contributed by atoms with E-state index in [-0.39, 0.29) is 42.2 Å². The Kier molecular flexibility index (Phi) is 8.95. The van der Waals surface area contributed by atoms with E-state index in [1.165, 1.54) is 32.4 Å². The molecule has 1 aliphatic heterocycles. The fourth-order valence-electron chi connectivity index (χ4n) is 4.16. The predicted molar refractivity (Wildman–Crippen MR) is 133 cm³/mol. The highest BCUT2D eigenvalue weighted by molar-refractivity contribution is 7.89. The largest absolute Gasteiger partial charge is 0.493 e. The number of carboxylic acids is 1. The van der Waals surface area contributed by atoms with Crippen LogP contribution in [-0.2, 0) is 32.6 Å². The van der Waals surface area contributed by atoms with E-state index >= 15 is 0 Å². The summed E-state index contributed by atoms with van der Waals surface area (Å²) >= 11 is 0. The van der Waals surface area contributed by atoms with Gasteiger partial charge < -0.3 is 30.9 Å². The maximum absolute atomic E-state index is 13.8. The van der Waals surface area contributed by atoms with Crippen molar-refractivity contribution in [2.45, 2.75) is 42.8 Å². The van der Waals surface area contributed by atoms with Gasteiger partial charge in [0.15, 0.2) is 11.5 Å². The number of nitrogens with one attached hydrogen (secondary N) is 2. The van der Waals surface area contributed by atoms with Gasteiger partial charge >= 0.3 is 12.0 Å². The van der Waals surface area contributed by atoms with E-state index in [1.54, 1.807) is 0 Å². The molecule has 1 aliphatic rings. The molecule has 13 heteroatoms. The van der Waals surface area contributed by atoms with Crippen molar-refractivity contribution in [3.63, 3.8) is 0 Å². The van der Waals surface area contributed by atoms with Crippen LogP contribution in [0.5, 0.6) is 11.5 Å². The van der Waals surface area contributed by atoms with Crippen LogP contribution in [-0.4, -0.2) is 68.6 Å². The standard InChI is InChI=1S/C24H30N4O8S/c1-35-20-10-9-17(13-21(20)36-2)37(33,34)28(19(23(30)31)8-5-11-26-24(25)32)22(29)18-12-15-6-3-4-7-16(15)14-27-18/h3-4,6-7,9-10,13,18-19,27H,5,8,11-12,14H2,1-2H3,(H,30,31)(H3,25,26,32)/t18-,19-/m0/s1. The monoisotopic (exact) mass is 534 g/mol. The highest BCUT2D eigenvalue weighted by Crippen LogP contribution is 2.32. The van der Waals surface area contributed by atoms with E-state index in [9.17, 15) is 27.9 Å². The van der Waals surface area contributed by atoms with E-state index < -0.39 is 40.0 Å². The lowest BCUT2D eigenvalue weighted by Gasteiger charge is -2.34. The van der Waals surface area contributed by atoms with Crippen LogP contribution in [0.1, 0.15) is 24.0 Å². The Morgan fingerprint density at radius 3 is 2.43 bits per heavy atom. The number of hydrogen-bond donors (Lipinski definition) is 4. The van der Waals surface area contributed by atoms with Gasteiger partial charge in [-0.2, -0.15) is 0 Å². The molecule has 3 amide bonds. The van der Waals surface area contributed by atoms with Crippen LogP contribution in [0.15, 0.2) is 47.4 Å². The van der Waals surface area contributed by atoms with Gasteiger partial charge in [-0.15, -0.1) is 0 Å². The number of primary amides is 1. The van der Waals surface area contributed by atoms with E-state index in [0.717, 1.165) is 11.1 Å². The highest BCUT2D eigenvalue weighted by atomic mass is 32.2. The number of hydrogen-bond acceptors (Lipinski definition) is 8. The van der Waals surface area contributed by atoms with Crippen molar-refractivity contribution in [3.05, 3.63) is 53.6 Å². The van der Waals surface area contributed by atoms with Crippen LogP contribution < -0.4 is 25.8 Å². The second kappa shape index (κ2) is 11.9. The maximum atomic E-state index is 13.8. The minimum atomic E-state index is -4.67. The quantitative estimate of drug-likeness (QED) is 0.304. The summed E-state index contributed by atoms with van der Waals surface area (Å²) in [7, 11) is -1.96. The number of amides is 3. The van der Waals surface area contributed by atoms with Gasteiger partial charge in [0.25, 0.3) is 15.9 Å². The molecule has 0 aliphatic carbocycles. The number of sulfonamides is 1. The fourth-order valence-corrected chi connectivity index (χ4v) is 5.78. The number of carbonyl (C=O) groups excluding carboxylic acids is 2. The molecule has 12 nitrogen and oxygen atoms in total. The number of carboxylic acid groups (broad SMARTS) is 1. The molecule has 2 aromatic rings. The summed E-state index contributed by atoms with van der Waals surface area (Å²) in [6.07, 6.45) is -0.00816. The zero-order valence-electron chi connectivity index (χ0n) is 20.5. The summed E-state index contributed by atoms with van der Waals surface area (Å²) in [4.78, 5) is 36.7. The summed E-state index contributed by atoms with van der Waals surface area (Å²) in [5.74, 6) is -2.05. The van der Waals surface area contributed by atoms with Crippen LogP contribution in [0.25, 0.3) is 0 Å². The van der Waals surface area contributed by atoms with Gasteiger partial charge in [-0.3, -0.25) is 4.79 Å². The highest BCUT2D eigenvalue weighted by Gasteiger charge is 2.43. The maximum Gasteiger partial charge on any atom is 0.327 e. The molecule has 3 rings (SSSR count). The number of nitrogens with two attached hydrogens (primary N) is 1. The molecule has 0 saturated carbocycles. The second-order valence-corrected chi connectivity index (χ2v) is 10.2. The smallest absolute Gasteiger partial charge is 0.327 e. The Morgan fingerprint density at radius 2 is 1.81 bits per heavy atom. The van der Waals surface area contributed by atoms with Crippen LogP contribution in [0.4, 0.5) is 4.79 Å². The van der Waals surface area contributed by atoms with Crippen molar-refractivity contribution in [2.75, 3.05) is 20.8 Å². The zero-order chi connectivity index (χ0) is 27.2. The summed E-state index contributed by atoms with van der Waals surface area (Å²) in [5.41, 5.74) is 6.88. The Hall–Kier alpha value is -3.84. The van der Waals surface area contributed by atoms with Crippen LogP contribution in [0.3, 0.4) is 0 Å². The van der Waals surface area contributed by atoms with E-state index in [1.807, 2.05) is 24.3 Å². The average molecular weight is 535 g/mol. The van der Waals surface area contributed by atoms with Crippen molar-refractivity contribution >= 4 is 27.9 Å². The SMILES string of the molecule is COc1ccc(S(=O)(=O)N(C(=O)[C@@H]2Cc3ccccc3CN2)[C@@H](CCCNC(N)=O)C(=O)O)cc1OC. The number of urea groups is 1. The third-order valence-electron chi connectivity index (χ3n) is 6.03. The number of carbonyl (C=O) groups is 3. The van der Waals surface area contributed by atoms with Gasteiger partial charge in [0.1, 0.15) is 6.04 Å². The first kappa shape index (κ1) is 27.7. The van der Waals surface area contributed by atoms with Crippen molar-refractivity contribution in [1.29, 1.82) is 0 Å². The van der Waals surface area contributed by atoms with Gasteiger partial charge in [-0.05, 0) is 42.5 Å². The first-order valence-electron chi connectivity index (χ1n) is 11.5. The average Bonchev–Trinajstić information content (AvgIpc) is 2.88. The number of nitrogens with zero attached hydrogens (tertiary/aromatic N) is 1. The van der Waals surface area contributed by atoms with Gasteiger partial charge in [0, 0.05) is 19.2 Å². The number of rotatable bonds is 11. The molecule has 0 unspecified atom stereocenters. The molecule has 0 aromatic heterocycles. The van der Waals surface area contributed by atoms with Gasteiger partial charge in [0.2, 0.25) is 0 Å².